The van der Waals surface area contributed by atoms with Gasteiger partial charge in [0.25, 0.3) is 0 Å². The van der Waals surface area contributed by atoms with Crippen LogP contribution in [0.5, 0.6) is 0 Å². The molecule has 116 valence electrons. The largest absolute Gasteiger partial charge is 0.478 e. The Morgan fingerprint density at radius 3 is 2.29 bits per heavy atom. The average molecular weight is 380 g/mol. The SMILES string of the molecule is Cc1c(Br)cc(C(=O)O)cc1S(=O)(=O)N1CC(O)C(O)C1. The number of aliphatic hydroxyl groups is 2. The van der Waals surface area contributed by atoms with E-state index < -0.39 is 28.2 Å². The van der Waals surface area contributed by atoms with Crippen LogP contribution in [0.25, 0.3) is 0 Å². The van der Waals surface area contributed by atoms with Gasteiger partial charge in [-0.05, 0) is 24.6 Å². The van der Waals surface area contributed by atoms with Gasteiger partial charge in [0.2, 0.25) is 10.0 Å². The maximum Gasteiger partial charge on any atom is 0.335 e. The van der Waals surface area contributed by atoms with Gasteiger partial charge in [-0.3, -0.25) is 0 Å². The summed E-state index contributed by atoms with van der Waals surface area (Å²) in [5.74, 6) is -1.24. The smallest absolute Gasteiger partial charge is 0.335 e. The molecule has 1 aliphatic rings. The molecule has 0 bridgehead atoms. The van der Waals surface area contributed by atoms with Crippen LogP contribution < -0.4 is 0 Å². The maximum absolute atomic E-state index is 12.6. The molecule has 0 amide bonds. The van der Waals surface area contributed by atoms with Gasteiger partial charge in [-0.1, -0.05) is 15.9 Å². The summed E-state index contributed by atoms with van der Waals surface area (Å²) in [6.07, 6.45) is -2.29. The summed E-state index contributed by atoms with van der Waals surface area (Å²) < 4.78 is 26.4. The Labute approximate surface area is 130 Å². The number of aliphatic hydroxyl groups excluding tert-OH is 2. The number of halogens is 1. The highest BCUT2D eigenvalue weighted by Gasteiger charge is 2.38. The van der Waals surface area contributed by atoms with Gasteiger partial charge in [-0.25, -0.2) is 13.2 Å². The third kappa shape index (κ3) is 2.97. The number of benzene rings is 1. The number of hydrogen-bond acceptors (Lipinski definition) is 5. The highest BCUT2D eigenvalue weighted by Crippen LogP contribution is 2.29. The Hall–Kier alpha value is -1.00. The number of carbonyl (C=O) groups is 1. The second kappa shape index (κ2) is 5.65. The average Bonchev–Trinajstić information content (AvgIpc) is 2.73. The molecule has 1 fully saturated rings. The molecule has 1 aromatic rings. The Bertz CT molecular complexity index is 679. The zero-order chi connectivity index (χ0) is 15.9. The fourth-order valence-electron chi connectivity index (χ4n) is 2.12. The lowest BCUT2D eigenvalue weighted by atomic mass is 10.1. The van der Waals surface area contributed by atoms with Gasteiger partial charge in [-0.15, -0.1) is 0 Å². The van der Waals surface area contributed by atoms with Crippen molar-refractivity contribution in [1.82, 2.24) is 4.31 Å². The van der Waals surface area contributed by atoms with E-state index in [1.165, 1.54) is 6.07 Å². The van der Waals surface area contributed by atoms with Crippen molar-refractivity contribution in [2.45, 2.75) is 24.0 Å². The number of sulfonamides is 1. The Morgan fingerprint density at radius 2 is 1.81 bits per heavy atom. The van der Waals surface area contributed by atoms with E-state index in [9.17, 15) is 23.4 Å². The second-order valence-electron chi connectivity index (χ2n) is 4.84. The normalized spacial score (nSPS) is 23.4. The van der Waals surface area contributed by atoms with Crippen LogP contribution >= 0.6 is 15.9 Å². The van der Waals surface area contributed by atoms with Crippen LogP contribution in [0, 0.1) is 6.92 Å². The standard InChI is InChI=1S/C12H14BrNO6S/c1-6-8(13)2-7(12(17)18)3-11(6)21(19,20)14-4-9(15)10(16)5-14/h2-3,9-10,15-16H,4-5H2,1H3,(H,17,18). The highest BCUT2D eigenvalue weighted by atomic mass is 79.9. The lowest BCUT2D eigenvalue weighted by Gasteiger charge is -2.18. The van der Waals surface area contributed by atoms with Crippen molar-refractivity contribution in [2.24, 2.45) is 0 Å². The Kier molecular flexibility index (Phi) is 4.41. The number of hydrogen-bond donors (Lipinski definition) is 3. The maximum atomic E-state index is 12.6. The molecule has 2 unspecified atom stereocenters. The number of nitrogens with zero attached hydrogens (tertiary/aromatic N) is 1. The van der Waals surface area contributed by atoms with Gasteiger partial charge in [0.15, 0.2) is 0 Å². The summed E-state index contributed by atoms with van der Waals surface area (Å²) in [5, 5.41) is 28.0. The molecule has 2 rings (SSSR count). The van der Waals surface area contributed by atoms with Crippen molar-refractivity contribution in [3.63, 3.8) is 0 Å². The van der Waals surface area contributed by atoms with E-state index in [-0.39, 0.29) is 23.5 Å². The molecule has 21 heavy (non-hydrogen) atoms. The molecule has 0 aromatic heterocycles. The first kappa shape index (κ1) is 16.4. The van der Waals surface area contributed by atoms with Gasteiger partial charge in [0.05, 0.1) is 22.7 Å². The molecule has 0 radical (unpaired) electrons. The van der Waals surface area contributed by atoms with E-state index in [2.05, 4.69) is 15.9 Å². The first-order valence-electron chi connectivity index (χ1n) is 6.04. The molecule has 1 saturated heterocycles. The third-order valence-corrected chi connectivity index (χ3v) is 6.17. The second-order valence-corrected chi connectivity index (χ2v) is 7.60. The molecular formula is C12H14BrNO6S. The minimum Gasteiger partial charge on any atom is -0.478 e. The number of carboxylic acid groups (broad SMARTS) is 1. The van der Waals surface area contributed by atoms with Gasteiger partial charge >= 0.3 is 5.97 Å². The molecule has 3 N–H and O–H groups in total. The molecule has 1 aromatic carbocycles. The summed E-state index contributed by atoms with van der Waals surface area (Å²) in [4.78, 5) is 10.9. The van der Waals surface area contributed by atoms with Crippen LogP contribution in [-0.4, -0.2) is 59.3 Å². The first-order chi connectivity index (χ1) is 9.64. The Morgan fingerprint density at radius 1 is 1.29 bits per heavy atom. The number of aromatic carboxylic acids is 1. The van der Waals surface area contributed by atoms with Crippen molar-refractivity contribution in [2.75, 3.05) is 13.1 Å². The molecule has 0 saturated carbocycles. The van der Waals surface area contributed by atoms with Crippen LogP contribution in [0.2, 0.25) is 0 Å². The van der Waals surface area contributed by atoms with Crippen LogP contribution in [0.15, 0.2) is 21.5 Å². The molecule has 0 spiro atoms. The van der Waals surface area contributed by atoms with E-state index in [0.717, 1.165) is 10.4 Å². The molecule has 7 nitrogen and oxygen atoms in total. The van der Waals surface area contributed by atoms with Crippen molar-refractivity contribution in [1.29, 1.82) is 0 Å². The predicted octanol–water partition coefficient (Wildman–Crippen LogP) is 0.182. The molecule has 2 atom stereocenters. The summed E-state index contributed by atoms with van der Waals surface area (Å²) in [5.41, 5.74) is 0.210. The van der Waals surface area contributed by atoms with E-state index in [1.54, 1.807) is 6.92 Å². The van der Waals surface area contributed by atoms with Crippen LogP contribution in [-0.2, 0) is 10.0 Å². The van der Waals surface area contributed by atoms with E-state index in [0.29, 0.717) is 10.0 Å². The van der Waals surface area contributed by atoms with Crippen LogP contribution in [0.4, 0.5) is 0 Å². The molecular weight excluding hydrogens is 366 g/mol. The third-order valence-electron chi connectivity index (χ3n) is 3.39. The lowest BCUT2D eigenvalue weighted by molar-refractivity contribution is 0.0572. The van der Waals surface area contributed by atoms with Crippen LogP contribution in [0.1, 0.15) is 15.9 Å². The molecule has 1 aliphatic heterocycles. The van der Waals surface area contributed by atoms with Gasteiger partial charge < -0.3 is 15.3 Å². The number of carboxylic acids is 1. The fraction of sp³-hybridized carbons (Fsp3) is 0.417. The topological polar surface area (TPSA) is 115 Å². The minimum absolute atomic E-state index is 0.157. The first-order valence-corrected chi connectivity index (χ1v) is 8.27. The van der Waals surface area contributed by atoms with Crippen molar-refractivity contribution < 1.29 is 28.5 Å². The number of rotatable bonds is 3. The minimum atomic E-state index is -3.99. The molecule has 0 aliphatic carbocycles. The highest BCUT2D eigenvalue weighted by molar-refractivity contribution is 9.10. The monoisotopic (exact) mass is 379 g/mol. The number of β-amino-alcohol motifs (C(OH)–C–C–N with tert-alkyl or cyclic N) is 2. The van der Waals surface area contributed by atoms with E-state index >= 15 is 0 Å². The van der Waals surface area contributed by atoms with Gasteiger partial charge in [0.1, 0.15) is 0 Å². The summed E-state index contributed by atoms with van der Waals surface area (Å²) in [6, 6.07) is 2.40. The molecule has 1 heterocycles. The zero-order valence-corrected chi connectivity index (χ0v) is 13.4. The van der Waals surface area contributed by atoms with E-state index in [1.807, 2.05) is 0 Å². The molecule has 9 heteroatoms. The lowest BCUT2D eigenvalue weighted by Crippen LogP contribution is -2.30. The summed E-state index contributed by atoms with van der Waals surface area (Å²) in [6.45, 7) is 1.10. The van der Waals surface area contributed by atoms with E-state index in [4.69, 9.17) is 5.11 Å². The summed E-state index contributed by atoms with van der Waals surface area (Å²) >= 11 is 3.14. The van der Waals surface area contributed by atoms with Crippen LogP contribution in [0.3, 0.4) is 0 Å². The van der Waals surface area contributed by atoms with Crippen molar-refractivity contribution in [3.05, 3.63) is 27.7 Å². The quantitative estimate of drug-likeness (QED) is 0.689. The predicted molar refractivity (Wildman–Crippen MR) is 76.6 cm³/mol. The zero-order valence-electron chi connectivity index (χ0n) is 11.0. The Balaban J connectivity index is 2.52. The van der Waals surface area contributed by atoms with Gasteiger partial charge in [0, 0.05) is 17.6 Å². The fourth-order valence-corrected chi connectivity index (χ4v) is 4.46. The summed E-state index contributed by atoms with van der Waals surface area (Å²) in [7, 11) is -3.99. The van der Waals surface area contributed by atoms with Gasteiger partial charge in [-0.2, -0.15) is 4.31 Å². The van der Waals surface area contributed by atoms with Crippen molar-refractivity contribution >= 4 is 31.9 Å². The van der Waals surface area contributed by atoms with Crippen molar-refractivity contribution in [3.8, 4) is 0 Å².